The van der Waals surface area contributed by atoms with Crippen molar-refractivity contribution in [2.75, 3.05) is 13.7 Å². The van der Waals surface area contributed by atoms with Crippen molar-refractivity contribution in [2.45, 2.75) is 58.3 Å². The number of rotatable bonds is 9. The molecule has 1 aliphatic rings. The highest BCUT2D eigenvalue weighted by atomic mass is 32.1. The molecular weight excluding hydrogens is 616 g/mol. The van der Waals surface area contributed by atoms with E-state index >= 15 is 0 Å². The highest BCUT2D eigenvalue weighted by molar-refractivity contribution is 7.71. The number of ether oxygens (including phenoxy) is 6. The molecule has 2 aromatic carbocycles. The van der Waals surface area contributed by atoms with Crippen LogP contribution in [0, 0.1) is 16.0 Å². The van der Waals surface area contributed by atoms with Crippen LogP contribution in [0.4, 0.5) is 0 Å². The largest absolute Gasteiger partial charge is 0.497 e. The number of hydrogen-bond acceptors (Lipinski definition) is 12. The number of methoxy groups -OCH3 is 1. The van der Waals surface area contributed by atoms with Crippen LogP contribution in [0.2, 0.25) is 0 Å². The van der Waals surface area contributed by atoms with Crippen molar-refractivity contribution < 1.29 is 47.6 Å². The summed E-state index contributed by atoms with van der Waals surface area (Å²) >= 11 is 5.95. The number of benzene rings is 2. The van der Waals surface area contributed by atoms with Gasteiger partial charge in [-0.1, -0.05) is 54.7 Å². The molecule has 5 atom stereocenters. The standard InChI is InChI=1S/C33H32N2O10S/c1-18(36)41-17-28-29(42-19(2)37)30(43-20(3)38)31(44-21(4)39)32(45-28)35-27(23-9-7-6-8-10-23)15-25(26(16-34)33(35)46)22-11-13-24(40-5)14-12-22/h6-15,28-32H,17H2,1-5H3/t28-,29+,30+,31+,32-/m1/s1. The van der Waals surface area contributed by atoms with Gasteiger partial charge in [0.05, 0.1) is 18.4 Å². The monoisotopic (exact) mass is 648 g/mol. The minimum absolute atomic E-state index is 0.00979. The molecule has 1 aliphatic heterocycles. The van der Waals surface area contributed by atoms with Gasteiger partial charge in [-0.2, -0.15) is 5.26 Å². The van der Waals surface area contributed by atoms with Crippen LogP contribution in [0.3, 0.4) is 0 Å². The molecule has 13 heteroatoms. The molecule has 240 valence electrons. The summed E-state index contributed by atoms with van der Waals surface area (Å²) in [5.41, 5.74) is 2.40. The zero-order chi connectivity index (χ0) is 33.5. The molecule has 1 fully saturated rings. The SMILES string of the molecule is COc1ccc(-c2cc(-c3ccccc3)n([C@@H]3O[C@H](COC(C)=O)[C@H](OC(C)=O)[C@H](OC(C)=O)[C@@H]3OC(C)=O)c(=S)c2C#N)cc1. The number of nitrogens with zero attached hydrogens (tertiary/aromatic N) is 2. The van der Waals surface area contributed by atoms with E-state index in [1.54, 1.807) is 49.6 Å². The summed E-state index contributed by atoms with van der Waals surface area (Å²) in [6, 6.07) is 20.1. The Kier molecular flexibility index (Phi) is 10.9. The first-order chi connectivity index (χ1) is 21.9. The van der Waals surface area contributed by atoms with Crippen LogP contribution in [0.25, 0.3) is 22.4 Å². The number of hydrogen-bond donors (Lipinski definition) is 0. The Morgan fingerprint density at radius 1 is 0.826 bits per heavy atom. The van der Waals surface area contributed by atoms with Crippen molar-refractivity contribution in [1.29, 1.82) is 5.26 Å². The zero-order valence-electron chi connectivity index (χ0n) is 25.8. The number of aromatic nitrogens is 1. The lowest BCUT2D eigenvalue weighted by Gasteiger charge is -2.45. The Bertz CT molecular complexity index is 1720. The number of pyridine rings is 1. The third-order valence-corrected chi connectivity index (χ3v) is 7.45. The molecular formula is C33H32N2O10S. The van der Waals surface area contributed by atoms with Gasteiger partial charge in [-0.15, -0.1) is 0 Å². The summed E-state index contributed by atoms with van der Waals surface area (Å²) in [6.45, 7) is 4.20. The molecule has 0 spiro atoms. The van der Waals surface area contributed by atoms with Gasteiger partial charge in [0.1, 0.15) is 29.2 Å². The number of nitriles is 1. The van der Waals surface area contributed by atoms with E-state index < -0.39 is 61.1 Å². The van der Waals surface area contributed by atoms with Gasteiger partial charge < -0.3 is 33.0 Å². The van der Waals surface area contributed by atoms with Gasteiger partial charge in [0, 0.05) is 33.3 Å². The van der Waals surface area contributed by atoms with Crippen LogP contribution in [-0.4, -0.2) is 66.6 Å². The maximum atomic E-state index is 12.5. The van der Waals surface area contributed by atoms with Crippen molar-refractivity contribution in [2.24, 2.45) is 0 Å². The maximum absolute atomic E-state index is 12.5. The third kappa shape index (κ3) is 7.59. The van der Waals surface area contributed by atoms with Crippen molar-refractivity contribution in [3.63, 3.8) is 0 Å². The minimum Gasteiger partial charge on any atom is -0.497 e. The molecule has 0 N–H and O–H groups in total. The Morgan fingerprint density at radius 3 is 1.96 bits per heavy atom. The molecule has 0 radical (unpaired) electrons. The first-order valence-corrected chi connectivity index (χ1v) is 14.6. The van der Waals surface area contributed by atoms with E-state index in [1.807, 2.05) is 18.2 Å². The quantitative estimate of drug-likeness (QED) is 0.180. The van der Waals surface area contributed by atoms with E-state index in [-0.39, 0.29) is 10.2 Å². The fourth-order valence-electron chi connectivity index (χ4n) is 5.23. The lowest BCUT2D eigenvalue weighted by atomic mass is 9.95. The normalized spacial score (nSPS) is 20.5. The minimum atomic E-state index is -1.44. The fraction of sp³-hybridized carbons (Fsp3) is 0.333. The third-order valence-electron chi connectivity index (χ3n) is 7.05. The van der Waals surface area contributed by atoms with Crippen molar-refractivity contribution >= 4 is 36.1 Å². The van der Waals surface area contributed by atoms with Gasteiger partial charge in [0.2, 0.25) is 0 Å². The molecule has 2 heterocycles. The summed E-state index contributed by atoms with van der Waals surface area (Å²) in [5.74, 6) is -2.32. The smallest absolute Gasteiger partial charge is 0.303 e. The molecule has 1 aromatic heterocycles. The summed E-state index contributed by atoms with van der Waals surface area (Å²) in [6.07, 6.45) is -6.80. The summed E-state index contributed by atoms with van der Waals surface area (Å²) < 4.78 is 35.3. The van der Waals surface area contributed by atoms with E-state index in [2.05, 4.69) is 6.07 Å². The summed E-state index contributed by atoms with van der Waals surface area (Å²) in [5, 5.41) is 10.4. The fourth-order valence-corrected chi connectivity index (χ4v) is 5.58. The molecule has 0 saturated carbocycles. The average Bonchev–Trinajstić information content (AvgIpc) is 3.01. The van der Waals surface area contributed by atoms with Crippen molar-refractivity contribution in [1.82, 2.24) is 4.57 Å². The molecule has 0 unspecified atom stereocenters. The van der Waals surface area contributed by atoms with E-state index in [1.165, 1.54) is 11.5 Å². The second-order valence-corrected chi connectivity index (χ2v) is 10.7. The summed E-state index contributed by atoms with van der Waals surface area (Å²) in [7, 11) is 1.55. The molecule has 12 nitrogen and oxygen atoms in total. The molecule has 46 heavy (non-hydrogen) atoms. The van der Waals surface area contributed by atoms with Crippen LogP contribution < -0.4 is 4.74 Å². The van der Waals surface area contributed by atoms with E-state index in [0.717, 1.165) is 20.8 Å². The Labute approximate surface area is 270 Å². The molecule has 1 saturated heterocycles. The van der Waals surface area contributed by atoms with E-state index in [4.69, 9.17) is 40.6 Å². The molecule has 4 rings (SSSR count). The lowest BCUT2D eigenvalue weighted by Crippen LogP contribution is -2.60. The molecule has 0 bridgehead atoms. The second-order valence-electron chi connectivity index (χ2n) is 10.3. The van der Waals surface area contributed by atoms with Crippen LogP contribution in [0.1, 0.15) is 39.5 Å². The summed E-state index contributed by atoms with van der Waals surface area (Å²) in [4.78, 5) is 48.9. The molecule has 3 aromatic rings. The highest BCUT2D eigenvalue weighted by Crippen LogP contribution is 2.40. The van der Waals surface area contributed by atoms with Crippen molar-refractivity contribution in [3.05, 3.63) is 70.9 Å². The van der Waals surface area contributed by atoms with Crippen LogP contribution in [0.5, 0.6) is 5.75 Å². The Hall–Kier alpha value is -5.06. The molecule has 0 amide bonds. The number of carbonyl (C=O) groups is 4. The van der Waals surface area contributed by atoms with Gasteiger partial charge in [-0.3, -0.25) is 19.2 Å². The predicted molar refractivity (Wildman–Crippen MR) is 165 cm³/mol. The van der Waals surface area contributed by atoms with Crippen LogP contribution >= 0.6 is 12.2 Å². The van der Waals surface area contributed by atoms with E-state index in [0.29, 0.717) is 28.1 Å². The zero-order valence-corrected chi connectivity index (χ0v) is 26.6. The van der Waals surface area contributed by atoms with Gasteiger partial charge in [-0.25, -0.2) is 0 Å². The van der Waals surface area contributed by atoms with Gasteiger partial charge >= 0.3 is 23.9 Å². The average molecular weight is 649 g/mol. The first kappa shape index (κ1) is 33.8. The lowest BCUT2D eigenvalue weighted by molar-refractivity contribution is -0.268. The highest BCUT2D eigenvalue weighted by Gasteiger charge is 2.53. The first-order valence-electron chi connectivity index (χ1n) is 14.1. The number of esters is 4. The maximum Gasteiger partial charge on any atom is 0.303 e. The van der Waals surface area contributed by atoms with Crippen LogP contribution in [0.15, 0.2) is 60.7 Å². The Morgan fingerprint density at radius 2 is 1.41 bits per heavy atom. The van der Waals surface area contributed by atoms with E-state index in [9.17, 15) is 24.4 Å². The van der Waals surface area contributed by atoms with Crippen molar-refractivity contribution in [3.8, 4) is 34.2 Å². The van der Waals surface area contributed by atoms with Gasteiger partial charge in [-0.05, 0) is 29.3 Å². The molecule has 0 aliphatic carbocycles. The number of carbonyl (C=O) groups excluding carboxylic acids is 4. The van der Waals surface area contributed by atoms with Gasteiger partial charge in [0.25, 0.3) is 0 Å². The topological polar surface area (TPSA) is 152 Å². The van der Waals surface area contributed by atoms with Gasteiger partial charge in [0.15, 0.2) is 24.5 Å². The second kappa shape index (κ2) is 14.8. The van der Waals surface area contributed by atoms with Crippen LogP contribution in [-0.2, 0) is 42.9 Å². The Balaban J connectivity index is 2.04. The predicted octanol–water partition coefficient (Wildman–Crippen LogP) is 4.69.